The zero-order valence-electron chi connectivity index (χ0n) is 17.1. The molecule has 8 nitrogen and oxygen atoms in total. The van der Waals surface area contributed by atoms with Crippen LogP contribution in [0.25, 0.3) is 0 Å². The molecule has 8 heteroatoms. The molecule has 0 aromatic heterocycles. The normalized spacial score (nSPS) is 25.6. The molecule has 5 amide bonds. The zero-order valence-corrected chi connectivity index (χ0v) is 17.1. The molecule has 3 rings (SSSR count). The molecule has 0 bridgehead atoms. The summed E-state index contributed by atoms with van der Waals surface area (Å²) in [6.07, 6.45) is 2.19. The summed E-state index contributed by atoms with van der Waals surface area (Å²) in [5.74, 6) is -1.10. The second-order valence-electron chi connectivity index (χ2n) is 9.02. The maximum absolute atomic E-state index is 13.0. The van der Waals surface area contributed by atoms with Crippen LogP contribution in [0.5, 0.6) is 0 Å². The van der Waals surface area contributed by atoms with Crippen LogP contribution in [0.4, 0.5) is 4.79 Å². The summed E-state index contributed by atoms with van der Waals surface area (Å²) in [7, 11) is 0. The van der Waals surface area contributed by atoms with Gasteiger partial charge in [-0.05, 0) is 36.2 Å². The van der Waals surface area contributed by atoms with Gasteiger partial charge < -0.3 is 5.32 Å². The smallest absolute Gasteiger partial charge is 0.323 e. The zero-order chi connectivity index (χ0) is 21.2. The largest absolute Gasteiger partial charge is 0.325 e. The number of nitrogens with one attached hydrogen (secondary N) is 3. The highest BCUT2D eigenvalue weighted by atomic mass is 16.2. The SMILES string of the molecule is CC1CC(C)(C)CC2(C1)NC(=O)N(CC(=O)NNC(=O)Cc1ccccc1)C2=O. The van der Waals surface area contributed by atoms with E-state index in [-0.39, 0.29) is 29.6 Å². The van der Waals surface area contributed by atoms with E-state index in [4.69, 9.17) is 0 Å². The van der Waals surface area contributed by atoms with Gasteiger partial charge in [-0.15, -0.1) is 0 Å². The van der Waals surface area contributed by atoms with E-state index in [2.05, 4.69) is 36.9 Å². The summed E-state index contributed by atoms with van der Waals surface area (Å²) in [6.45, 7) is 5.80. The highest BCUT2D eigenvalue weighted by Gasteiger charge is 2.56. The lowest BCUT2D eigenvalue weighted by atomic mass is 9.64. The second kappa shape index (κ2) is 7.85. The average molecular weight is 400 g/mol. The predicted molar refractivity (Wildman–Crippen MR) is 106 cm³/mol. The Labute approximate surface area is 170 Å². The Morgan fingerprint density at radius 2 is 1.76 bits per heavy atom. The third-order valence-corrected chi connectivity index (χ3v) is 5.47. The van der Waals surface area contributed by atoms with Gasteiger partial charge >= 0.3 is 6.03 Å². The number of hydrogen-bond acceptors (Lipinski definition) is 4. The molecule has 29 heavy (non-hydrogen) atoms. The summed E-state index contributed by atoms with van der Waals surface area (Å²) >= 11 is 0. The first-order valence-electron chi connectivity index (χ1n) is 9.86. The van der Waals surface area contributed by atoms with Crippen molar-refractivity contribution in [3.8, 4) is 0 Å². The van der Waals surface area contributed by atoms with Crippen LogP contribution in [0.15, 0.2) is 30.3 Å². The van der Waals surface area contributed by atoms with E-state index in [0.29, 0.717) is 12.8 Å². The molecule has 1 aliphatic heterocycles. The number of hydrogen-bond donors (Lipinski definition) is 3. The maximum Gasteiger partial charge on any atom is 0.325 e. The number of amides is 5. The Kier molecular flexibility index (Phi) is 5.64. The number of carbonyl (C=O) groups excluding carboxylic acids is 4. The van der Waals surface area contributed by atoms with Crippen LogP contribution in [-0.4, -0.2) is 40.7 Å². The first kappa shape index (κ1) is 20.8. The van der Waals surface area contributed by atoms with Crippen LogP contribution >= 0.6 is 0 Å². The first-order chi connectivity index (χ1) is 13.6. The molecule has 1 heterocycles. The summed E-state index contributed by atoms with van der Waals surface area (Å²) in [6, 6.07) is 8.54. The minimum atomic E-state index is -0.949. The summed E-state index contributed by atoms with van der Waals surface area (Å²) in [5.41, 5.74) is 4.37. The topological polar surface area (TPSA) is 108 Å². The Hall–Kier alpha value is -2.90. The van der Waals surface area contributed by atoms with Crippen molar-refractivity contribution < 1.29 is 19.2 Å². The number of imide groups is 1. The molecule has 1 aromatic carbocycles. The lowest BCUT2D eigenvalue weighted by Gasteiger charge is -2.43. The molecule has 2 fully saturated rings. The molecule has 2 aliphatic rings. The van der Waals surface area contributed by atoms with Crippen LogP contribution in [0.3, 0.4) is 0 Å². The first-order valence-corrected chi connectivity index (χ1v) is 9.86. The quantitative estimate of drug-likeness (QED) is 0.526. The lowest BCUT2D eigenvalue weighted by molar-refractivity contribution is -0.138. The van der Waals surface area contributed by atoms with Gasteiger partial charge in [-0.1, -0.05) is 51.1 Å². The number of hydrazine groups is 1. The van der Waals surface area contributed by atoms with E-state index in [9.17, 15) is 19.2 Å². The van der Waals surface area contributed by atoms with E-state index in [1.165, 1.54) is 0 Å². The Bertz CT molecular complexity index is 823. The van der Waals surface area contributed by atoms with Crippen molar-refractivity contribution in [2.75, 3.05) is 6.54 Å². The van der Waals surface area contributed by atoms with Crippen molar-refractivity contribution in [3.05, 3.63) is 35.9 Å². The highest BCUT2D eigenvalue weighted by molar-refractivity contribution is 6.09. The number of benzene rings is 1. The molecule has 1 aromatic rings. The van der Waals surface area contributed by atoms with E-state index in [0.717, 1.165) is 16.9 Å². The molecule has 1 saturated carbocycles. The Morgan fingerprint density at radius 1 is 1.10 bits per heavy atom. The van der Waals surface area contributed by atoms with Crippen molar-refractivity contribution in [3.63, 3.8) is 0 Å². The van der Waals surface area contributed by atoms with Gasteiger partial charge in [0.15, 0.2) is 0 Å². The monoisotopic (exact) mass is 400 g/mol. The van der Waals surface area contributed by atoms with Gasteiger partial charge in [0.1, 0.15) is 12.1 Å². The van der Waals surface area contributed by atoms with Gasteiger partial charge in [-0.2, -0.15) is 0 Å². The van der Waals surface area contributed by atoms with E-state index in [1.54, 1.807) is 12.1 Å². The van der Waals surface area contributed by atoms with E-state index in [1.807, 2.05) is 18.2 Å². The minimum Gasteiger partial charge on any atom is -0.323 e. The van der Waals surface area contributed by atoms with Crippen LogP contribution in [0.2, 0.25) is 0 Å². The van der Waals surface area contributed by atoms with Crippen molar-refractivity contribution >= 4 is 23.8 Å². The summed E-state index contributed by atoms with van der Waals surface area (Å²) in [5, 5.41) is 2.83. The lowest BCUT2D eigenvalue weighted by Crippen LogP contribution is -2.54. The molecule has 1 aliphatic carbocycles. The molecular formula is C21H28N4O4. The van der Waals surface area contributed by atoms with Gasteiger partial charge in [-0.25, -0.2) is 4.79 Å². The van der Waals surface area contributed by atoms with Gasteiger partial charge in [-0.3, -0.25) is 30.1 Å². The van der Waals surface area contributed by atoms with Crippen molar-refractivity contribution in [2.45, 2.75) is 52.0 Å². The number of nitrogens with zero attached hydrogens (tertiary/aromatic N) is 1. The van der Waals surface area contributed by atoms with E-state index >= 15 is 0 Å². The molecule has 1 spiro atoms. The molecule has 2 atom stereocenters. The average Bonchev–Trinajstić information content (AvgIpc) is 2.82. The maximum atomic E-state index is 13.0. The highest BCUT2D eigenvalue weighted by Crippen LogP contribution is 2.46. The fourth-order valence-electron chi connectivity index (χ4n) is 4.80. The molecule has 3 N–H and O–H groups in total. The van der Waals surface area contributed by atoms with Gasteiger partial charge in [0.2, 0.25) is 5.91 Å². The summed E-state index contributed by atoms with van der Waals surface area (Å²) < 4.78 is 0. The van der Waals surface area contributed by atoms with Crippen molar-refractivity contribution in [2.24, 2.45) is 11.3 Å². The van der Waals surface area contributed by atoms with Crippen molar-refractivity contribution in [1.29, 1.82) is 0 Å². The molecule has 0 radical (unpaired) electrons. The Balaban J connectivity index is 1.56. The van der Waals surface area contributed by atoms with Crippen molar-refractivity contribution in [1.82, 2.24) is 21.1 Å². The second-order valence-corrected chi connectivity index (χ2v) is 9.02. The fourth-order valence-corrected chi connectivity index (χ4v) is 4.80. The van der Waals surface area contributed by atoms with Gasteiger partial charge in [0.05, 0.1) is 6.42 Å². The Morgan fingerprint density at radius 3 is 2.41 bits per heavy atom. The third-order valence-electron chi connectivity index (χ3n) is 5.47. The number of rotatable bonds is 4. The fraction of sp³-hybridized carbons (Fsp3) is 0.524. The minimum absolute atomic E-state index is 0.0791. The van der Waals surface area contributed by atoms with Gasteiger partial charge in [0.25, 0.3) is 11.8 Å². The predicted octanol–water partition coefficient (Wildman–Crippen LogP) is 1.51. The molecule has 2 unspecified atom stereocenters. The molecular weight excluding hydrogens is 372 g/mol. The van der Waals surface area contributed by atoms with Crippen LogP contribution in [0, 0.1) is 11.3 Å². The van der Waals surface area contributed by atoms with E-state index < -0.39 is 24.0 Å². The number of carbonyl (C=O) groups is 4. The van der Waals surface area contributed by atoms with Crippen LogP contribution in [-0.2, 0) is 20.8 Å². The van der Waals surface area contributed by atoms with Crippen LogP contribution < -0.4 is 16.2 Å². The standard InChI is InChI=1S/C21H28N4O4/c1-14-10-20(2,3)13-21(11-14)18(28)25(19(29)22-21)12-17(27)24-23-16(26)9-15-7-5-4-6-8-15/h4-8,14H,9-13H2,1-3H3,(H,22,29)(H,23,26)(H,24,27). The molecule has 156 valence electrons. The number of urea groups is 1. The third kappa shape index (κ3) is 4.75. The van der Waals surface area contributed by atoms with Crippen LogP contribution in [0.1, 0.15) is 45.6 Å². The molecule has 1 saturated heterocycles. The summed E-state index contributed by atoms with van der Waals surface area (Å²) in [4.78, 5) is 50.5. The van der Waals surface area contributed by atoms with Gasteiger partial charge in [0, 0.05) is 0 Å².